The van der Waals surface area contributed by atoms with Crippen LogP contribution < -0.4 is 5.32 Å². The first-order chi connectivity index (χ1) is 6.56. The van der Waals surface area contributed by atoms with Crippen LogP contribution in [0.3, 0.4) is 0 Å². The van der Waals surface area contributed by atoms with E-state index in [0.717, 1.165) is 0 Å². The Bertz CT molecular complexity index is 300. The van der Waals surface area contributed by atoms with Gasteiger partial charge in [-0.15, -0.1) is 0 Å². The van der Waals surface area contributed by atoms with Gasteiger partial charge in [-0.05, 0) is 29.0 Å². The second-order valence-corrected chi connectivity index (χ2v) is 4.41. The zero-order valence-electron chi connectivity index (χ0n) is 9.89. The lowest BCUT2D eigenvalue weighted by molar-refractivity contribution is 0.835. The highest BCUT2D eigenvalue weighted by Crippen LogP contribution is 2.27. The fourth-order valence-corrected chi connectivity index (χ4v) is 1.65. The molecule has 0 heterocycles. The van der Waals surface area contributed by atoms with E-state index in [-0.39, 0.29) is 0 Å². The fraction of sp³-hybridized carbons (Fsp3) is 0.538. The van der Waals surface area contributed by atoms with Crippen molar-refractivity contribution in [1.82, 2.24) is 0 Å². The number of hydrogen-bond acceptors (Lipinski definition) is 1. The van der Waals surface area contributed by atoms with Crippen molar-refractivity contribution in [2.75, 3.05) is 12.4 Å². The van der Waals surface area contributed by atoms with Crippen LogP contribution in [0.2, 0.25) is 0 Å². The van der Waals surface area contributed by atoms with Crippen LogP contribution in [0, 0.1) is 0 Å². The molecule has 0 unspecified atom stereocenters. The molecule has 0 aliphatic carbocycles. The topological polar surface area (TPSA) is 12.0 Å². The summed E-state index contributed by atoms with van der Waals surface area (Å²) in [4.78, 5) is 0. The molecular weight excluding hydrogens is 170 g/mol. The fourth-order valence-electron chi connectivity index (χ4n) is 1.65. The van der Waals surface area contributed by atoms with Gasteiger partial charge >= 0.3 is 0 Å². The number of benzene rings is 1. The van der Waals surface area contributed by atoms with E-state index < -0.39 is 0 Å². The van der Waals surface area contributed by atoms with Crippen LogP contribution in [-0.2, 0) is 0 Å². The zero-order chi connectivity index (χ0) is 10.7. The predicted molar refractivity (Wildman–Crippen MR) is 64.2 cm³/mol. The van der Waals surface area contributed by atoms with Crippen LogP contribution in [0.5, 0.6) is 0 Å². The average Bonchev–Trinajstić information content (AvgIpc) is 2.16. The number of hydrogen-bond donors (Lipinski definition) is 1. The van der Waals surface area contributed by atoms with Gasteiger partial charge in [0.15, 0.2) is 0 Å². The van der Waals surface area contributed by atoms with E-state index in [0.29, 0.717) is 11.8 Å². The van der Waals surface area contributed by atoms with E-state index in [1.165, 1.54) is 16.8 Å². The molecule has 1 nitrogen and oxygen atoms in total. The third-order valence-electron chi connectivity index (χ3n) is 2.63. The zero-order valence-corrected chi connectivity index (χ0v) is 9.89. The van der Waals surface area contributed by atoms with Crippen molar-refractivity contribution >= 4 is 5.69 Å². The molecule has 0 saturated carbocycles. The lowest BCUT2D eigenvalue weighted by atomic mass is 9.94. The first kappa shape index (κ1) is 11.1. The normalized spacial score (nSPS) is 11.1. The molecule has 0 atom stereocenters. The van der Waals surface area contributed by atoms with Gasteiger partial charge < -0.3 is 5.32 Å². The standard InChI is InChI=1S/C13H21N/c1-9(2)11-6-7-13(14-5)12(8-11)10(3)4/h6-10,14H,1-5H3. The lowest BCUT2D eigenvalue weighted by Gasteiger charge is -2.15. The summed E-state index contributed by atoms with van der Waals surface area (Å²) >= 11 is 0. The number of nitrogens with one attached hydrogen (secondary N) is 1. The quantitative estimate of drug-likeness (QED) is 0.762. The molecule has 78 valence electrons. The summed E-state index contributed by atoms with van der Waals surface area (Å²) in [5.74, 6) is 1.19. The van der Waals surface area contributed by atoms with Crippen molar-refractivity contribution in [3.05, 3.63) is 29.3 Å². The summed E-state index contributed by atoms with van der Waals surface area (Å²) in [6.07, 6.45) is 0. The molecular formula is C13H21N. The summed E-state index contributed by atoms with van der Waals surface area (Å²) in [5.41, 5.74) is 4.09. The van der Waals surface area contributed by atoms with Gasteiger partial charge in [-0.25, -0.2) is 0 Å². The Morgan fingerprint density at radius 3 is 2.07 bits per heavy atom. The monoisotopic (exact) mass is 191 g/mol. The molecule has 1 aromatic rings. The van der Waals surface area contributed by atoms with Gasteiger partial charge in [0.1, 0.15) is 0 Å². The van der Waals surface area contributed by atoms with Gasteiger partial charge in [0.2, 0.25) is 0 Å². The van der Waals surface area contributed by atoms with E-state index in [9.17, 15) is 0 Å². The molecule has 0 aliphatic rings. The number of anilines is 1. The van der Waals surface area contributed by atoms with Crippen molar-refractivity contribution in [2.24, 2.45) is 0 Å². The molecule has 1 rings (SSSR count). The predicted octanol–water partition coefficient (Wildman–Crippen LogP) is 3.98. The van der Waals surface area contributed by atoms with E-state index >= 15 is 0 Å². The van der Waals surface area contributed by atoms with Gasteiger partial charge in [-0.1, -0.05) is 39.8 Å². The van der Waals surface area contributed by atoms with Gasteiger partial charge in [0, 0.05) is 12.7 Å². The van der Waals surface area contributed by atoms with Gasteiger partial charge in [-0.3, -0.25) is 0 Å². The molecule has 0 fully saturated rings. The van der Waals surface area contributed by atoms with E-state index in [1.54, 1.807) is 0 Å². The van der Waals surface area contributed by atoms with Gasteiger partial charge in [0.25, 0.3) is 0 Å². The van der Waals surface area contributed by atoms with Crippen molar-refractivity contribution in [2.45, 2.75) is 39.5 Å². The van der Waals surface area contributed by atoms with Crippen LogP contribution >= 0.6 is 0 Å². The van der Waals surface area contributed by atoms with Crippen molar-refractivity contribution in [3.8, 4) is 0 Å². The Morgan fingerprint density at radius 1 is 1.00 bits per heavy atom. The molecule has 0 aromatic heterocycles. The number of rotatable bonds is 3. The second kappa shape index (κ2) is 4.50. The van der Waals surface area contributed by atoms with Crippen molar-refractivity contribution in [1.29, 1.82) is 0 Å². The SMILES string of the molecule is CNc1ccc(C(C)C)cc1C(C)C. The molecule has 0 radical (unpaired) electrons. The average molecular weight is 191 g/mol. The van der Waals surface area contributed by atoms with Crippen LogP contribution in [-0.4, -0.2) is 7.05 Å². The molecule has 0 bridgehead atoms. The molecule has 1 aromatic carbocycles. The van der Waals surface area contributed by atoms with Crippen LogP contribution in [0.1, 0.15) is 50.7 Å². The van der Waals surface area contributed by atoms with Gasteiger partial charge in [-0.2, -0.15) is 0 Å². The third kappa shape index (κ3) is 2.28. The van der Waals surface area contributed by atoms with Crippen LogP contribution in [0.4, 0.5) is 5.69 Å². The van der Waals surface area contributed by atoms with Crippen molar-refractivity contribution in [3.63, 3.8) is 0 Å². The molecule has 0 aliphatic heterocycles. The highest BCUT2D eigenvalue weighted by atomic mass is 14.8. The lowest BCUT2D eigenvalue weighted by Crippen LogP contribution is -1.99. The minimum atomic E-state index is 0.580. The summed E-state index contributed by atoms with van der Waals surface area (Å²) in [5, 5.41) is 3.24. The Morgan fingerprint density at radius 2 is 1.64 bits per heavy atom. The van der Waals surface area contributed by atoms with E-state index in [1.807, 2.05) is 7.05 Å². The second-order valence-electron chi connectivity index (χ2n) is 4.41. The van der Waals surface area contributed by atoms with Crippen LogP contribution in [0.15, 0.2) is 18.2 Å². The van der Waals surface area contributed by atoms with Gasteiger partial charge in [0.05, 0.1) is 0 Å². The molecule has 14 heavy (non-hydrogen) atoms. The highest BCUT2D eigenvalue weighted by Gasteiger charge is 2.08. The summed E-state index contributed by atoms with van der Waals surface area (Å²) in [6, 6.07) is 6.72. The molecule has 1 N–H and O–H groups in total. The molecule has 0 amide bonds. The minimum absolute atomic E-state index is 0.580. The summed E-state index contributed by atoms with van der Waals surface area (Å²) in [7, 11) is 1.98. The molecule has 0 saturated heterocycles. The third-order valence-corrected chi connectivity index (χ3v) is 2.63. The first-order valence-corrected chi connectivity index (χ1v) is 5.37. The first-order valence-electron chi connectivity index (χ1n) is 5.37. The van der Waals surface area contributed by atoms with E-state index in [4.69, 9.17) is 0 Å². The highest BCUT2D eigenvalue weighted by molar-refractivity contribution is 5.54. The molecule has 0 spiro atoms. The van der Waals surface area contributed by atoms with Crippen molar-refractivity contribution < 1.29 is 0 Å². The largest absolute Gasteiger partial charge is 0.388 e. The maximum atomic E-state index is 3.24. The Balaban J connectivity index is 3.14. The van der Waals surface area contributed by atoms with E-state index in [2.05, 4.69) is 51.2 Å². The summed E-state index contributed by atoms with van der Waals surface area (Å²) in [6.45, 7) is 8.94. The minimum Gasteiger partial charge on any atom is -0.388 e. The van der Waals surface area contributed by atoms with Crippen LogP contribution in [0.25, 0.3) is 0 Å². The smallest absolute Gasteiger partial charge is 0.0372 e. The Labute approximate surface area is 87.5 Å². The Hall–Kier alpha value is -0.980. The maximum absolute atomic E-state index is 3.24. The summed E-state index contributed by atoms with van der Waals surface area (Å²) < 4.78 is 0. The Kier molecular flexibility index (Phi) is 3.56. The molecule has 1 heteroatoms. The maximum Gasteiger partial charge on any atom is 0.0372 e.